The minimum Gasteiger partial charge on any atom is -0.387 e. The number of aromatic nitrogens is 1. The summed E-state index contributed by atoms with van der Waals surface area (Å²) in [5, 5.41) is 8.57. The third-order valence-electron chi connectivity index (χ3n) is 2.80. The highest BCUT2D eigenvalue weighted by Crippen LogP contribution is 2.33. The summed E-state index contributed by atoms with van der Waals surface area (Å²) in [6.45, 7) is 3.91. The number of hydrogen-bond donors (Lipinski definition) is 0. The van der Waals surface area contributed by atoms with Crippen molar-refractivity contribution >= 4 is 0 Å². The molecule has 0 N–H and O–H groups in total. The zero-order valence-electron chi connectivity index (χ0n) is 8.42. The smallest absolute Gasteiger partial charge is 0.292 e. The number of nitriles is 1. The number of aryl methyl sites for hydroxylation is 2. The molecule has 1 aromatic rings. The lowest BCUT2D eigenvalue weighted by Gasteiger charge is -2.10. The van der Waals surface area contributed by atoms with Gasteiger partial charge < -0.3 is 4.74 Å². The van der Waals surface area contributed by atoms with Crippen LogP contribution in [0.4, 0.5) is 0 Å². The lowest BCUT2D eigenvalue weighted by atomic mass is 10.1. The highest BCUT2D eigenvalue weighted by atomic mass is 16.5. The maximum atomic E-state index is 8.57. The number of rotatable bonds is 1. The predicted molar refractivity (Wildman–Crippen MR) is 52.0 cm³/mol. The second kappa shape index (κ2) is 3.30. The van der Waals surface area contributed by atoms with Crippen molar-refractivity contribution in [1.82, 2.24) is 4.98 Å². The Bertz CT molecular complexity index is 418. The minimum absolute atomic E-state index is 0.743. The molecule has 1 aliphatic carbocycles. The molecule has 0 spiro atoms. The molecule has 0 bridgehead atoms. The molecular weight excluding hydrogens is 176 g/mol. The highest BCUT2D eigenvalue weighted by Gasteiger charge is 2.20. The van der Waals surface area contributed by atoms with E-state index in [1.807, 2.05) is 13.8 Å². The molecule has 0 unspecified atom stereocenters. The van der Waals surface area contributed by atoms with Gasteiger partial charge in [0.1, 0.15) is 0 Å². The van der Waals surface area contributed by atoms with E-state index in [1.165, 1.54) is 0 Å². The van der Waals surface area contributed by atoms with E-state index < -0.39 is 0 Å². The Morgan fingerprint density at radius 2 is 2.14 bits per heavy atom. The van der Waals surface area contributed by atoms with Crippen molar-refractivity contribution in [3.8, 4) is 12.0 Å². The monoisotopic (exact) mass is 188 g/mol. The van der Waals surface area contributed by atoms with Gasteiger partial charge in [-0.05, 0) is 33.1 Å². The molecule has 0 saturated carbocycles. The molecule has 0 amide bonds. The quantitative estimate of drug-likeness (QED) is 0.633. The Morgan fingerprint density at radius 3 is 2.86 bits per heavy atom. The average molecular weight is 188 g/mol. The molecule has 0 saturated heterocycles. The van der Waals surface area contributed by atoms with Crippen LogP contribution >= 0.6 is 0 Å². The first-order valence-electron chi connectivity index (χ1n) is 4.79. The Labute approximate surface area is 83.3 Å². The normalized spacial score (nSPS) is 13.5. The fourth-order valence-electron chi connectivity index (χ4n) is 1.96. The maximum absolute atomic E-state index is 8.57. The second-order valence-electron chi connectivity index (χ2n) is 3.62. The van der Waals surface area contributed by atoms with Crippen molar-refractivity contribution in [2.75, 3.05) is 0 Å². The molecule has 1 aliphatic rings. The molecule has 2 rings (SSSR count). The van der Waals surface area contributed by atoms with Crippen LogP contribution in [0.1, 0.15) is 28.9 Å². The van der Waals surface area contributed by atoms with Crippen molar-refractivity contribution in [1.29, 1.82) is 5.26 Å². The molecule has 1 aromatic heterocycles. The van der Waals surface area contributed by atoms with Gasteiger partial charge >= 0.3 is 0 Å². The van der Waals surface area contributed by atoms with Crippen molar-refractivity contribution in [3.63, 3.8) is 0 Å². The Hall–Kier alpha value is -1.56. The Morgan fingerprint density at radius 1 is 1.36 bits per heavy atom. The standard InChI is InChI=1S/C11H12N2O/c1-7-8(2)13-10-5-3-4-9(10)11(7)14-6-12/h3-5H2,1-2H3. The van der Waals surface area contributed by atoms with Crippen LogP contribution in [0.2, 0.25) is 0 Å². The molecule has 14 heavy (non-hydrogen) atoms. The van der Waals surface area contributed by atoms with Crippen LogP contribution in [0.5, 0.6) is 5.75 Å². The molecule has 0 fully saturated rings. The van der Waals surface area contributed by atoms with Crippen molar-refractivity contribution < 1.29 is 4.74 Å². The average Bonchev–Trinajstić information content (AvgIpc) is 2.60. The Balaban J connectivity index is 2.61. The number of pyridine rings is 1. The van der Waals surface area contributed by atoms with E-state index in [9.17, 15) is 0 Å². The summed E-state index contributed by atoms with van der Waals surface area (Å²) in [6, 6.07) is 0. The van der Waals surface area contributed by atoms with E-state index >= 15 is 0 Å². The summed E-state index contributed by atoms with van der Waals surface area (Å²) in [7, 11) is 0. The van der Waals surface area contributed by atoms with Crippen LogP contribution < -0.4 is 4.74 Å². The molecular formula is C11H12N2O. The van der Waals surface area contributed by atoms with Gasteiger partial charge in [0.05, 0.1) is 0 Å². The summed E-state index contributed by atoms with van der Waals surface area (Å²) < 4.78 is 5.03. The third kappa shape index (κ3) is 1.24. The first-order valence-corrected chi connectivity index (χ1v) is 4.79. The van der Waals surface area contributed by atoms with Gasteiger partial charge in [-0.15, -0.1) is 5.26 Å². The van der Waals surface area contributed by atoms with Gasteiger partial charge in [-0.3, -0.25) is 4.98 Å². The summed E-state index contributed by atoms with van der Waals surface area (Å²) in [5.74, 6) is 0.743. The minimum atomic E-state index is 0.743. The fraction of sp³-hybridized carbons (Fsp3) is 0.455. The lowest BCUT2D eigenvalue weighted by molar-refractivity contribution is 0.495. The molecule has 3 heteroatoms. The predicted octanol–water partition coefficient (Wildman–Crippen LogP) is 2.05. The maximum Gasteiger partial charge on any atom is 0.292 e. The van der Waals surface area contributed by atoms with Gasteiger partial charge in [0.25, 0.3) is 6.26 Å². The van der Waals surface area contributed by atoms with Crippen LogP contribution in [0.3, 0.4) is 0 Å². The first kappa shape index (κ1) is 9.01. The van der Waals surface area contributed by atoms with E-state index in [4.69, 9.17) is 10.00 Å². The van der Waals surface area contributed by atoms with Gasteiger partial charge in [0.2, 0.25) is 0 Å². The van der Waals surface area contributed by atoms with Crippen LogP contribution in [0.25, 0.3) is 0 Å². The molecule has 0 atom stereocenters. The van der Waals surface area contributed by atoms with E-state index in [2.05, 4.69) is 4.98 Å². The number of hydrogen-bond acceptors (Lipinski definition) is 3. The van der Waals surface area contributed by atoms with Gasteiger partial charge in [-0.1, -0.05) is 0 Å². The molecule has 1 heterocycles. The van der Waals surface area contributed by atoms with Crippen molar-refractivity contribution in [2.45, 2.75) is 33.1 Å². The topological polar surface area (TPSA) is 45.9 Å². The summed E-state index contributed by atoms with van der Waals surface area (Å²) in [5.41, 5.74) is 4.20. The van der Waals surface area contributed by atoms with Crippen molar-refractivity contribution in [3.05, 3.63) is 22.5 Å². The third-order valence-corrected chi connectivity index (χ3v) is 2.80. The van der Waals surface area contributed by atoms with Gasteiger partial charge in [-0.25, -0.2) is 0 Å². The van der Waals surface area contributed by atoms with Crippen molar-refractivity contribution in [2.24, 2.45) is 0 Å². The molecule has 0 aliphatic heterocycles. The molecule has 0 radical (unpaired) electrons. The van der Waals surface area contributed by atoms with Crippen LogP contribution in [-0.4, -0.2) is 4.98 Å². The van der Waals surface area contributed by atoms with E-state index in [0.717, 1.165) is 47.5 Å². The molecule has 3 nitrogen and oxygen atoms in total. The SMILES string of the molecule is Cc1nc2c(c(OC#N)c1C)CCC2. The van der Waals surface area contributed by atoms with E-state index in [0.29, 0.717) is 0 Å². The van der Waals surface area contributed by atoms with E-state index in [1.54, 1.807) is 6.26 Å². The first-order chi connectivity index (χ1) is 6.74. The lowest BCUT2D eigenvalue weighted by Crippen LogP contribution is -2.00. The highest BCUT2D eigenvalue weighted by molar-refractivity contribution is 5.47. The summed E-state index contributed by atoms with van der Waals surface area (Å²) >= 11 is 0. The Kier molecular flexibility index (Phi) is 2.12. The number of fused-ring (bicyclic) bond motifs is 1. The zero-order chi connectivity index (χ0) is 10.1. The van der Waals surface area contributed by atoms with Crippen LogP contribution in [-0.2, 0) is 12.8 Å². The number of nitrogens with zero attached hydrogens (tertiary/aromatic N) is 2. The van der Waals surface area contributed by atoms with Gasteiger partial charge in [0, 0.05) is 22.5 Å². The van der Waals surface area contributed by atoms with Crippen LogP contribution in [0, 0.1) is 25.4 Å². The van der Waals surface area contributed by atoms with Crippen LogP contribution in [0.15, 0.2) is 0 Å². The zero-order valence-corrected chi connectivity index (χ0v) is 8.42. The number of ether oxygens (including phenoxy) is 1. The second-order valence-corrected chi connectivity index (χ2v) is 3.62. The summed E-state index contributed by atoms with van der Waals surface area (Å²) in [4.78, 5) is 4.51. The fourth-order valence-corrected chi connectivity index (χ4v) is 1.96. The summed E-state index contributed by atoms with van der Waals surface area (Å²) in [6.07, 6.45) is 4.87. The van der Waals surface area contributed by atoms with E-state index in [-0.39, 0.29) is 0 Å². The molecule has 0 aromatic carbocycles. The molecule has 72 valence electrons. The van der Waals surface area contributed by atoms with Gasteiger partial charge in [-0.2, -0.15) is 0 Å². The van der Waals surface area contributed by atoms with Gasteiger partial charge in [0.15, 0.2) is 5.75 Å². The largest absolute Gasteiger partial charge is 0.387 e.